The van der Waals surface area contributed by atoms with Crippen LogP contribution in [0, 0.1) is 11.3 Å². The summed E-state index contributed by atoms with van der Waals surface area (Å²) in [5.41, 5.74) is 1.80. The van der Waals surface area contributed by atoms with E-state index >= 15 is 0 Å². The molecule has 2 aromatic carbocycles. The number of rotatable bonds is 6. The predicted molar refractivity (Wildman–Crippen MR) is 141 cm³/mol. The molecule has 7 heteroatoms. The van der Waals surface area contributed by atoms with Crippen LogP contribution >= 0.6 is 0 Å². The zero-order valence-electron chi connectivity index (χ0n) is 22.1. The summed E-state index contributed by atoms with van der Waals surface area (Å²) in [6.45, 7) is 7.92. The highest BCUT2D eigenvalue weighted by molar-refractivity contribution is 5.87. The van der Waals surface area contributed by atoms with Crippen LogP contribution in [-0.2, 0) is 22.6 Å². The Balaban J connectivity index is 1.42. The third-order valence-corrected chi connectivity index (χ3v) is 7.63. The lowest BCUT2D eigenvalue weighted by Crippen LogP contribution is -2.44. The van der Waals surface area contributed by atoms with Crippen LogP contribution < -0.4 is 0 Å². The van der Waals surface area contributed by atoms with Gasteiger partial charge in [0.15, 0.2) is 0 Å². The van der Waals surface area contributed by atoms with E-state index in [0.29, 0.717) is 26.2 Å². The first kappa shape index (κ1) is 26.7. The van der Waals surface area contributed by atoms with Crippen LogP contribution in [-0.4, -0.2) is 51.6 Å². The maximum absolute atomic E-state index is 13.8. The molecule has 1 N–H and O–H groups in total. The Hall–Kier alpha value is -3.35. The second-order valence-electron chi connectivity index (χ2n) is 11.6. The lowest BCUT2D eigenvalue weighted by molar-refractivity contribution is -0.137. The van der Waals surface area contributed by atoms with Gasteiger partial charge in [0.25, 0.3) is 0 Å². The van der Waals surface area contributed by atoms with Crippen molar-refractivity contribution >= 4 is 18.0 Å². The number of carboxylic acid groups (broad SMARTS) is 1. The SMILES string of the molecule is CC(C)(C)OC(=O)N1CCC2(CC[C@@H](C(=O)N(Cc3ccccc3)Cc3ccc(C(=O)O)cc3)C2)CC1. The van der Waals surface area contributed by atoms with Crippen molar-refractivity contribution in [3.8, 4) is 0 Å². The Morgan fingerprint density at radius 3 is 2.11 bits per heavy atom. The van der Waals surface area contributed by atoms with E-state index in [4.69, 9.17) is 4.74 Å². The first-order valence-electron chi connectivity index (χ1n) is 13.2. The molecule has 2 aliphatic rings. The van der Waals surface area contributed by atoms with Gasteiger partial charge in [0.2, 0.25) is 5.91 Å². The Morgan fingerprint density at radius 1 is 0.946 bits per heavy atom. The molecule has 1 spiro atoms. The van der Waals surface area contributed by atoms with E-state index in [0.717, 1.165) is 43.2 Å². The highest BCUT2D eigenvalue weighted by atomic mass is 16.6. The van der Waals surface area contributed by atoms with E-state index in [9.17, 15) is 19.5 Å². The van der Waals surface area contributed by atoms with Gasteiger partial charge in [-0.2, -0.15) is 0 Å². The molecule has 2 aromatic rings. The maximum Gasteiger partial charge on any atom is 0.410 e. The summed E-state index contributed by atoms with van der Waals surface area (Å²) in [5.74, 6) is -0.856. The number of amides is 2. The van der Waals surface area contributed by atoms with Gasteiger partial charge in [0.1, 0.15) is 5.60 Å². The highest BCUT2D eigenvalue weighted by Gasteiger charge is 2.45. The van der Waals surface area contributed by atoms with Crippen molar-refractivity contribution < 1.29 is 24.2 Å². The number of ether oxygens (including phenoxy) is 1. The first-order valence-corrected chi connectivity index (χ1v) is 13.2. The average Bonchev–Trinajstić information content (AvgIpc) is 3.27. The van der Waals surface area contributed by atoms with Gasteiger partial charge in [-0.1, -0.05) is 42.5 Å². The van der Waals surface area contributed by atoms with Gasteiger partial charge in [0.05, 0.1) is 5.56 Å². The summed E-state index contributed by atoms with van der Waals surface area (Å²) < 4.78 is 5.55. The zero-order valence-corrected chi connectivity index (χ0v) is 22.1. The van der Waals surface area contributed by atoms with E-state index in [2.05, 4.69) is 0 Å². The molecular formula is C30H38N2O5. The molecule has 1 atom stereocenters. The van der Waals surface area contributed by atoms with E-state index in [1.54, 1.807) is 29.2 Å². The molecule has 1 heterocycles. The number of hydrogen-bond donors (Lipinski definition) is 1. The molecular weight excluding hydrogens is 468 g/mol. The van der Waals surface area contributed by atoms with Gasteiger partial charge in [-0.3, -0.25) is 4.79 Å². The molecule has 198 valence electrons. The summed E-state index contributed by atoms with van der Waals surface area (Å²) in [4.78, 5) is 41.3. The van der Waals surface area contributed by atoms with Crippen molar-refractivity contribution in [2.45, 2.75) is 71.6 Å². The summed E-state index contributed by atoms with van der Waals surface area (Å²) in [6, 6.07) is 16.7. The number of carbonyl (C=O) groups is 3. The molecule has 0 bridgehead atoms. The Morgan fingerprint density at radius 2 is 1.54 bits per heavy atom. The van der Waals surface area contributed by atoms with Crippen LogP contribution in [0.3, 0.4) is 0 Å². The molecule has 4 rings (SSSR count). The molecule has 0 radical (unpaired) electrons. The summed E-state index contributed by atoms with van der Waals surface area (Å²) in [6.07, 6.45) is 4.23. The van der Waals surface area contributed by atoms with E-state index in [1.807, 2.05) is 56.0 Å². The third kappa shape index (κ3) is 6.90. The van der Waals surface area contributed by atoms with Crippen molar-refractivity contribution in [2.75, 3.05) is 13.1 Å². The molecule has 1 saturated carbocycles. The number of hydrogen-bond acceptors (Lipinski definition) is 4. The number of likely N-dealkylation sites (tertiary alicyclic amines) is 1. The van der Waals surface area contributed by atoms with Crippen LogP contribution in [0.4, 0.5) is 4.79 Å². The topological polar surface area (TPSA) is 87.2 Å². The van der Waals surface area contributed by atoms with Gasteiger partial charge in [-0.25, -0.2) is 9.59 Å². The lowest BCUT2D eigenvalue weighted by atomic mass is 9.76. The van der Waals surface area contributed by atoms with Crippen molar-refractivity contribution in [2.24, 2.45) is 11.3 Å². The molecule has 2 amide bonds. The molecule has 7 nitrogen and oxygen atoms in total. The molecule has 1 aliphatic carbocycles. The predicted octanol–water partition coefficient (Wildman–Crippen LogP) is 5.73. The molecule has 1 saturated heterocycles. The number of piperidine rings is 1. The fraction of sp³-hybridized carbons (Fsp3) is 0.500. The Bertz CT molecular complexity index is 1100. The molecule has 2 fully saturated rings. The van der Waals surface area contributed by atoms with E-state index in [-0.39, 0.29) is 28.9 Å². The third-order valence-electron chi connectivity index (χ3n) is 7.63. The van der Waals surface area contributed by atoms with Gasteiger partial charge >= 0.3 is 12.1 Å². The number of benzene rings is 2. The smallest absolute Gasteiger partial charge is 0.410 e. The number of carboxylic acids is 1. The Labute approximate surface area is 219 Å². The van der Waals surface area contributed by atoms with Crippen molar-refractivity contribution in [3.05, 3.63) is 71.3 Å². The van der Waals surface area contributed by atoms with Crippen molar-refractivity contribution in [1.82, 2.24) is 9.80 Å². The standard InChI is InChI=1S/C30H38N2O5/c1-29(2,3)37-28(36)31-17-15-30(16-18-31)14-13-25(19-30)26(33)32(20-22-7-5-4-6-8-22)21-23-9-11-24(12-10-23)27(34)35/h4-12,25H,13-21H2,1-3H3,(H,34,35)/t25-/m1/s1. The fourth-order valence-corrected chi connectivity index (χ4v) is 5.61. The minimum Gasteiger partial charge on any atom is -0.478 e. The first-order chi connectivity index (χ1) is 17.5. The van der Waals surface area contributed by atoms with Crippen molar-refractivity contribution in [3.63, 3.8) is 0 Å². The minimum absolute atomic E-state index is 0.0462. The average molecular weight is 507 g/mol. The maximum atomic E-state index is 13.8. The largest absolute Gasteiger partial charge is 0.478 e. The van der Waals surface area contributed by atoms with Gasteiger partial charge < -0.3 is 19.6 Å². The molecule has 37 heavy (non-hydrogen) atoms. The highest BCUT2D eigenvalue weighted by Crippen LogP contribution is 2.49. The lowest BCUT2D eigenvalue weighted by Gasteiger charge is -2.40. The number of aromatic carboxylic acids is 1. The Kier molecular flexibility index (Phi) is 7.90. The quantitative estimate of drug-likeness (QED) is 0.541. The van der Waals surface area contributed by atoms with Crippen LogP contribution in [0.15, 0.2) is 54.6 Å². The monoisotopic (exact) mass is 506 g/mol. The molecule has 1 aliphatic heterocycles. The molecule has 0 aromatic heterocycles. The van der Waals surface area contributed by atoms with Gasteiger partial charge in [-0.05, 0) is 81.5 Å². The summed E-state index contributed by atoms with van der Waals surface area (Å²) >= 11 is 0. The zero-order chi connectivity index (χ0) is 26.6. The second-order valence-corrected chi connectivity index (χ2v) is 11.6. The summed E-state index contributed by atoms with van der Waals surface area (Å²) in [7, 11) is 0. The van der Waals surface area contributed by atoms with Crippen LogP contribution in [0.2, 0.25) is 0 Å². The van der Waals surface area contributed by atoms with E-state index < -0.39 is 11.6 Å². The van der Waals surface area contributed by atoms with Gasteiger partial charge in [0, 0.05) is 32.1 Å². The van der Waals surface area contributed by atoms with Crippen LogP contribution in [0.5, 0.6) is 0 Å². The van der Waals surface area contributed by atoms with Crippen LogP contribution in [0.25, 0.3) is 0 Å². The normalized spacial score (nSPS) is 19.0. The molecule has 0 unspecified atom stereocenters. The van der Waals surface area contributed by atoms with E-state index in [1.165, 1.54) is 0 Å². The number of nitrogens with zero attached hydrogens (tertiary/aromatic N) is 2. The van der Waals surface area contributed by atoms with Crippen LogP contribution in [0.1, 0.15) is 74.4 Å². The van der Waals surface area contributed by atoms with Gasteiger partial charge in [-0.15, -0.1) is 0 Å². The second kappa shape index (κ2) is 11.0. The minimum atomic E-state index is -0.960. The fourth-order valence-electron chi connectivity index (χ4n) is 5.61. The number of carbonyl (C=O) groups excluding carboxylic acids is 2. The van der Waals surface area contributed by atoms with Crippen molar-refractivity contribution in [1.29, 1.82) is 0 Å². The summed E-state index contributed by atoms with van der Waals surface area (Å²) in [5, 5.41) is 9.21.